The molecule has 0 aromatic rings. The van der Waals surface area contributed by atoms with Gasteiger partial charge in [-0.25, -0.2) is 13.1 Å². The first-order valence-electron chi connectivity index (χ1n) is 2.51. The number of hydrogen-bond acceptors (Lipinski definition) is 2. The van der Waals surface area contributed by atoms with Crippen LogP contribution in [0, 0.1) is 0 Å². The van der Waals surface area contributed by atoms with Crippen LogP contribution in [0.15, 0.2) is 0 Å². The van der Waals surface area contributed by atoms with Crippen LogP contribution < -0.4 is 4.72 Å². The molecule has 0 aromatic carbocycles. The van der Waals surface area contributed by atoms with Gasteiger partial charge >= 0.3 is 0 Å². The van der Waals surface area contributed by atoms with Crippen molar-refractivity contribution < 1.29 is 8.42 Å². The first-order valence-corrected chi connectivity index (χ1v) is 4.40. The molecular weight excluding hydrogens is 157 g/mol. The first kappa shape index (κ1) is 12.1. The van der Waals surface area contributed by atoms with Crippen LogP contribution in [0.4, 0.5) is 0 Å². The molecule has 0 aromatic heterocycles. The van der Waals surface area contributed by atoms with E-state index in [-0.39, 0.29) is 9.90 Å². The lowest BCUT2D eigenvalue weighted by Gasteiger charge is -1.95. The molecule has 0 amide bonds. The lowest BCUT2D eigenvalue weighted by Crippen LogP contribution is -2.22. The molecule has 3 nitrogen and oxygen atoms in total. The minimum Gasteiger partial charge on any atom is -0.215 e. The van der Waals surface area contributed by atoms with Crippen molar-refractivity contribution in [2.45, 2.75) is 13.3 Å². The lowest BCUT2D eigenvalue weighted by molar-refractivity contribution is 0.587. The van der Waals surface area contributed by atoms with Crippen LogP contribution in [-0.2, 0) is 10.0 Å². The van der Waals surface area contributed by atoms with Gasteiger partial charge in [-0.05, 0) is 6.42 Å². The van der Waals surface area contributed by atoms with E-state index in [9.17, 15) is 8.42 Å². The maximum atomic E-state index is 10.3. The number of hydrogen-bond donors (Lipinski definition) is 1. The molecule has 1 atom stereocenters. The molecule has 0 bridgehead atoms. The van der Waals surface area contributed by atoms with Gasteiger partial charge in [0, 0.05) is 6.54 Å². The summed E-state index contributed by atoms with van der Waals surface area (Å²) in [4.78, 5) is 0. The maximum Gasteiger partial charge on any atom is 0.208 e. The first-order chi connectivity index (χ1) is 3.56. The van der Waals surface area contributed by atoms with E-state index in [2.05, 4.69) is 4.72 Å². The molecule has 5 heteroatoms. The van der Waals surface area contributed by atoms with Crippen LogP contribution in [0.3, 0.4) is 0 Å². The second-order valence-electron chi connectivity index (χ2n) is 1.67. The van der Waals surface area contributed by atoms with Gasteiger partial charge in [-0.2, -0.15) is 9.90 Å². The fourth-order valence-electron chi connectivity index (χ4n) is 0.287. The van der Waals surface area contributed by atoms with Crippen LogP contribution in [0.2, 0.25) is 0 Å². The van der Waals surface area contributed by atoms with Crippen molar-refractivity contribution in [1.29, 1.82) is 0 Å². The molecule has 0 spiro atoms. The fraction of sp³-hybridized carbons (Fsp3) is 1.00. The third kappa shape index (κ3) is 11.8. The highest BCUT2D eigenvalue weighted by Crippen LogP contribution is 1.74. The normalized spacial score (nSPS) is 10.4. The van der Waals surface area contributed by atoms with Gasteiger partial charge in [0.1, 0.15) is 0 Å². The third-order valence-corrected chi connectivity index (χ3v) is 1.34. The third-order valence-electron chi connectivity index (χ3n) is 0.614. The summed E-state index contributed by atoms with van der Waals surface area (Å²) in [5.41, 5.74) is 0. The van der Waals surface area contributed by atoms with Crippen molar-refractivity contribution in [3.63, 3.8) is 0 Å². The van der Waals surface area contributed by atoms with Crippen LogP contribution in [0.5, 0.6) is 0 Å². The highest BCUT2D eigenvalue weighted by molar-refractivity contribution is 7.88. The molecule has 0 heterocycles. The number of sulfonamides is 1. The minimum absolute atomic E-state index is 0. The molecule has 1 N–H and O–H groups in total. The average molecular weight is 171 g/mol. The summed E-state index contributed by atoms with van der Waals surface area (Å²) >= 11 is 0. The average Bonchev–Trinajstić information content (AvgIpc) is 1.59. The predicted molar refractivity (Wildman–Crippen MR) is 44.2 cm³/mol. The van der Waals surface area contributed by atoms with Gasteiger partial charge in [0.2, 0.25) is 10.0 Å². The summed E-state index contributed by atoms with van der Waals surface area (Å²) in [5.74, 6) is 0. The van der Waals surface area contributed by atoms with Crippen molar-refractivity contribution in [1.82, 2.24) is 4.72 Å². The van der Waals surface area contributed by atoms with Crippen molar-refractivity contribution in [2.24, 2.45) is 0 Å². The molecule has 9 heavy (non-hydrogen) atoms. The molecule has 0 aliphatic heterocycles. The zero-order valence-corrected chi connectivity index (χ0v) is 8.08. The Bertz CT molecular complexity index is 143. The Morgan fingerprint density at radius 2 is 1.89 bits per heavy atom. The number of nitrogens with one attached hydrogen (secondary N) is 1. The van der Waals surface area contributed by atoms with Crippen molar-refractivity contribution >= 4 is 19.9 Å². The van der Waals surface area contributed by atoms with Gasteiger partial charge in [-0.1, -0.05) is 6.92 Å². The maximum absolute atomic E-state index is 10.3. The van der Waals surface area contributed by atoms with Crippen molar-refractivity contribution in [2.75, 3.05) is 12.8 Å². The van der Waals surface area contributed by atoms with Crippen LogP contribution in [0.25, 0.3) is 0 Å². The second kappa shape index (κ2) is 5.15. The summed E-state index contributed by atoms with van der Waals surface area (Å²) in [6, 6.07) is 0. The Balaban J connectivity index is 0. The topological polar surface area (TPSA) is 46.2 Å². The largest absolute Gasteiger partial charge is 0.215 e. The zero-order chi connectivity index (χ0) is 6.62. The summed E-state index contributed by atoms with van der Waals surface area (Å²) in [5, 5.41) is 0. The van der Waals surface area contributed by atoms with E-state index in [1.807, 2.05) is 6.92 Å². The zero-order valence-electron chi connectivity index (χ0n) is 5.85. The monoisotopic (exact) mass is 171 g/mol. The summed E-state index contributed by atoms with van der Waals surface area (Å²) in [6.07, 6.45) is 2.00. The molecule has 0 rings (SSSR count). The van der Waals surface area contributed by atoms with Crippen LogP contribution in [0.1, 0.15) is 13.3 Å². The van der Waals surface area contributed by atoms with Crippen molar-refractivity contribution in [3.05, 3.63) is 0 Å². The van der Waals surface area contributed by atoms with Gasteiger partial charge < -0.3 is 0 Å². The molecule has 58 valence electrons. The highest BCUT2D eigenvalue weighted by atomic mass is 32.2. The van der Waals surface area contributed by atoms with E-state index in [0.29, 0.717) is 6.54 Å². The molecule has 0 radical (unpaired) electrons. The van der Waals surface area contributed by atoms with E-state index in [4.69, 9.17) is 0 Å². The molecule has 0 aliphatic carbocycles. The standard InChI is InChI=1S/C4H11NO2S.H3P/c1-3-4-5-8(2,6)7;/h5H,3-4H2,1-2H3;1H3. The Kier molecular flexibility index (Phi) is 6.90. The van der Waals surface area contributed by atoms with Gasteiger partial charge in [0.25, 0.3) is 0 Å². The predicted octanol–water partition coefficient (Wildman–Crippen LogP) is 0.00370. The van der Waals surface area contributed by atoms with E-state index in [0.717, 1.165) is 12.7 Å². The highest BCUT2D eigenvalue weighted by Gasteiger charge is 1.94. The van der Waals surface area contributed by atoms with Crippen LogP contribution in [-0.4, -0.2) is 21.2 Å². The summed E-state index contributed by atoms with van der Waals surface area (Å²) in [6.45, 7) is 2.46. The molecule has 0 aliphatic rings. The van der Waals surface area contributed by atoms with E-state index in [1.165, 1.54) is 0 Å². The molecule has 1 unspecified atom stereocenters. The number of rotatable bonds is 3. The van der Waals surface area contributed by atoms with Gasteiger partial charge in [0.05, 0.1) is 6.26 Å². The SMILES string of the molecule is CCCNS(C)(=O)=O.P. The minimum atomic E-state index is -2.94. The Labute approximate surface area is 59.9 Å². The Hall–Kier alpha value is 0.340. The fourth-order valence-corrected chi connectivity index (χ4v) is 0.862. The second-order valence-corrected chi connectivity index (χ2v) is 3.50. The summed E-state index contributed by atoms with van der Waals surface area (Å²) in [7, 11) is -2.94. The van der Waals surface area contributed by atoms with Crippen LogP contribution >= 0.6 is 9.90 Å². The molecule has 0 saturated heterocycles. The smallest absolute Gasteiger partial charge is 0.208 e. The van der Waals surface area contributed by atoms with Crippen molar-refractivity contribution in [3.8, 4) is 0 Å². The van der Waals surface area contributed by atoms with E-state index >= 15 is 0 Å². The molecule has 0 saturated carbocycles. The van der Waals surface area contributed by atoms with Gasteiger partial charge in [0.15, 0.2) is 0 Å². The van der Waals surface area contributed by atoms with Gasteiger partial charge in [-0.15, -0.1) is 0 Å². The van der Waals surface area contributed by atoms with Gasteiger partial charge in [-0.3, -0.25) is 0 Å². The lowest BCUT2D eigenvalue weighted by atomic mass is 10.5. The van der Waals surface area contributed by atoms with E-state index < -0.39 is 10.0 Å². The molecule has 0 fully saturated rings. The summed E-state index contributed by atoms with van der Waals surface area (Å²) < 4.78 is 22.9. The van der Waals surface area contributed by atoms with E-state index in [1.54, 1.807) is 0 Å². The Morgan fingerprint density at radius 1 is 1.44 bits per heavy atom. The Morgan fingerprint density at radius 3 is 2.00 bits per heavy atom. The quantitative estimate of drug-likeness (QED) is 0.608. The molecular formula is C4H14NO2PS.